The summed E-state index contributed by atoms with van der Waals surface area (Å²) in [4.78, 5) is 0. The molecule has 1 aromatic carbocycles. The van der Waals surface area contributed by atoms with Gasteiger partial charge in [0.25, 0.3) is 0 Å². The van der Waals surface area contributed by atoms with E-state index in [2.05, 4.69) is 31.2 Å². The molecule has 0 radical (unpaired) electrons. The van der Waals surface area contributed by atoms with E-state index in [9.17, 15) is 0 Å². The molecule has 17 heavy (non-hydrogen) atoms. The second kappa shape index (κ2) is 7.54. The van der Waals surface area contributed by atoms with Crippen LogP contribution < -0.4 is 10.1 Å². The fourth-order valence-corrected chi connectivity index (χ4v) is 1.39. The summed E-state index contributed by atoms with van der Waals surface area (Å²) in [7, 11) is 0. The van der Waals surface area contributed by atoms with Crippen molar-refractivity contribution in [1.29, 1.82) is 0 Å². The molecule has 0 saturated carbocycles. The third-order valence-corrected chi connectivity index (χ3v) is 2.25. The number of hydrogen-bond donors (Lipinski definition) is 1. The molecular formula is C15H19NO. The summed E-state index contributed by atoms with van der Waals surface area (Å²) in [6, 6.07) is 7.93. The van der Waals surface area contributed by atoms with Gasteiger partial charge in [-0.05, 0) is 19.9 Å². The van der Waals surface area contributed by atoms with Crippen LogP contribution in [-0.2, 0) is 6.54 Å². The van der Waals surface area contributed by atoms with Gasteiger partial charge < -0.3 is 10.1 Å². The lowest BCUT2D eigenvalue weighted by atomic mass is 10.2. The Morgan fingerprint density at radius 3 is 2.88 bits per heavy atom. The smallest absolute Gasteiger partial charge is 0.148 e. The van der Waals surface area contributed by atoms with Crippen LogP contribution in [0.25, 0.3) is 0 Å². The van der Waals surface area contributed by atoms with E-state index in [-0.39, 0.29) is 0 Å². The first-order valence-corrected chi connectivity index (χ1v) is 5.72. The Labute approximate surface area is 104 Å². The summed E-state index contributed by atoms with van der Waals surface area (Å²) in [5, 5.41) is 3.34. The lowest BCUT2D eigenvalue weighted by Crippen LogP contribution is -2.14. The molecule has 0 amide bonds. The number of nitrogens with one attached hydrogen (secondary N) is 1. The molecule has 2 nitrogen and oxygen atoms in total. The molecule has 0 bridgehead atoms. The third-order valence-electron chi connectivity index (χ3n) is 2.25. The van der Waals surface area contributed by atoms with E-state index >= 15 is 0 Å². The van der Waals surface area contributed by atoms with Gasteiger partial charge in [0.05, 0.1) is 0 Å². The summed E-state index contributed by atoms with van der Waals surface area (Å²) < 4.78 is 5.47. The van der Waals surface area contributed by atoms with Crippen molar-refractivity contribution < 1.29 is 4.74 Å². The summed E-state index contributed by atoms with van der Waals surface area (Å²) >= 11 is 0. The van der Waals surface area contributed by atoms with Crippen molar-refractivity contribution in [2.24, 2.45) is 0 Å². The number of allylic oxidation sites excluding steroid dienone is 1. The Morgan fingerprint density at radius 1 is 1.41 bits per heavy atom. The van der Waals surface area contributed by atoms with Crippen LogP contribution in [0.5, 0.6) is 5.75 Å². The Hall–Kier alpha value is -1.72. The van der Waals surface area contributed by atoms with E-state index in [1.54, 1.807) is 0 Å². The fraction of sp³-hybridized carbons (Fsp3) is 0.333. The molecule has 0 aromatic heterocycles. The number of hydrogen-bond acceptors (Lipinski definition) is 2. The molecular weight excluding hydrogens is 210 g/mol. The van der Waals surface area contributed by atoms with E-state index in [0.29, 0.717) is 6.61 Å². The zero-order chi connectivity index (χ0) is 12.5. The van der Waals surface area contributed by atoms with Crippen molar-refractivity contribution in [2.75, 3.05) is 13.2 Å². The highest BCUT2D eigenvalue weighted by Crippen LogP contribution is 2.17. The molecule has 0 heterocycles. The second-order valence-electron chi connectivity index (χ2n) is 4.01. The zero-order valence-corrected chi connectivity index (χ0v) is 10.5. The van der Waals surface area contributed by atoms with Crippen molar-refractivity contribution in [2.45, 2.75) is 20.4 Å². The number of benzene rings is 1. The van der Waals surface area contributed by atoms with Gasteiger partial charge in [-0.15, -0.1) is 6.42 Å². The van der Waals surface area contributed by atoms with Gasteiger partial charge in [0.1, 0.15) is 12.4 Å². The van der Waals surface area contributed by atoms with Crippen LogP contribution >= 0.6 is 0 Å². The highest BCUT2D eigenvalue weighted by Gasteiger charge is 2.00. The Balaban J connectivity index is 2.52. The summed E-state index contributed by atoms with van der Waals surface area (Å²) in [5.74, 6) is 3.33. The Bertz CT molecular complexity index is 411. The van der Waals surface area contributed by atoms with Crippen LogP contribution in [0.1, 0.15) is 19.4 Å². The quantitative estimate of drug-likeness (QED) is 0.460. The second-order valence-corrected chi connectivity index (χ2v) is 4.01. The van der Waals surface area contributed by atoms with Gasteiger partial charge in [-0.2, -0.15) is 0 Å². The number of ether oxygens (including phenoxy) is 1. The average Bonchev–Trinajstić information content (AvgIpc) is 2.33. The van der Waals surface area contributed by atoms with E-state index in [0.717, 1.165) is 24.4 Å². The van der Waals surface area contributed by atoms with E-state index in [4.69, 9.17) is 11.2 Å². The molecule has 0 unspecified atom stereocenters. The minimum absolute atomic E-state index is 0.311. The van der Waals surface area contributed by atoms with Crippen LogP contribution in [0.15, 0.2) is 35.9 Å². The molecule has 1 rings (SSSR count). The van der Waals surface area contributed by atoms with Gasteiger partial charge >= 0.3 is 0 Å². The van der Waals surface area contributed by atoms with Gasteiger partial charge in [0.2, 0.25) is 0 Å². The number of para-hydroxylation sites is 1. The van der Waals surface area contributed by atoms with Crippen molar-refractivity contribution in [3.05, 3.63) is 41.5 Å². The maximum atomic E-state index is 5.47. The number of rotatable bonds is 6. The molecule has 1 N–H and O–H groups in total. The standard InChI is InChI=1S/C15H19NO/c1-4-11-17-15-8-6-5-7-14(15)12-16-10-9-13(2)3/h1,5-9,16H,10-12H2,2-3H3. The fourth-order valence-electron chi connectivity index (χ4n) is 1.39. The van der Waals surface area contributed by atoms with Crippen LogP contribution in [0.2, 0.25) is 0 Å². The highest BCUT2D eigenvalue weighted by molar-refractivity contribution is 5.33. The third kappa shape index (κ3) is 5.24. The molecule has 90 valence electrons. The Morgan fingerprint density at radius 2 is 2.18 bits per heavy atom. The van der Waals surface area contributed by atoms with Gasteiger partial charge in [-0.25, -0.2) is 0 Å². The normalized spacial score (nSPS) is 9.47. The molecule has 0 atom stereocenters. The lowest BCUT2D eigenvalue weighted by Gasteiger charge is -2.09. The van der Waals surface area contributed by atoms with Gasteiger partial charge in [-0.1, -0.05) is 35.8 Å². The van der Waals surface area contributed by atoms with E-state index in [1.807, 2.05) is 24.3 Å². The van der Waals surface area contributed by atoms with Crippen LogP contribution in [0.3, 0.4) is 0 Å². The van der Waals surface area contributed by atoms with Crippen molar-refractivity contribution >= 4 is 0 Å². The summed E-state index contributed by atoms with van der Waals surface area (Å²) in [6.45, 7) is 6.14. The molecule has 0 aliphatic heterocycles. The maximum absolute atomic E-state index is 5.47. The van der Waals surface area contributed by atoms with E-state index < -0.39 is 0 Å². The van der Waals surface area contributed by atoms with E-state index in [1.165, 1.54) is 5.57 Å². The largest absolute Gasteiger partial charge is 0.481 e. The SMILES string of the molecule is C#CCOc1ccccc1CNCC=C(C)C. The monoisotopic (exact) mass is 229 g/mol. The predicted molar refractivity (Wildman–Crippen MR) is 71.9 cm³/mol. The van der Waals surface area contributed by atoms with Crippen LogP contribution in [0, 0.1) is 12.3 Å². The minimum atomic E-state index is 0.311. The summed E-state index contributed by atoms with van der Waals surface area (Å²) in [6.07, 6.45) is 7.34. The summed E-state index contributed by atoms with van der Waals surface area (Å²) in [5.41, 5.74) is 2.44. The van der Waals surface area contributed by atoms with Gasteiger partial charge in [-0.3, -0.25) is 0 Å². The molecule has 1 aromatic rings. The molecule has 0 aliphatic rings. The zero-order valence-electron chi connectivity index (χ0n) is 10.5. The molecule has 2 heteroatoms. The predicted octanol–water partition coefficient (Wildman–Crippen LogP) is 2.75. The van der Waals surface area contributed by atoms with Gasteiger partial charge in [0.15, 0.2) is 0 Å². The van der Waals surface area contributed by atoms with Crippen molar-refractivity contribution in [1.82, 2.24) is 5.32 Å². The van der Waals surface area contributed by atoms with Crippen LogP contribution in [0.4, 0.5) is 0 Å². The topological polar surface area (TPSA) is 21.3 Å². The molecule has 0 fully saturated rings. The first kappa shape index (κ1) is 13.3. The highest BCUT2D eigenvalue weighted by atomic mass is 16.5. The first-order chi connectivity index (χ1) is 8.24. The van der Waals surface area contributed by atoms with Crippen LogP contribution in [-0.4, -0.2) is 13.2 Å². The molecule has 0 spiro atoms. The molecule has 0 saturated heterocycles. The number of terminal acetylenes is 1. The lowest BCUT2D eigenvalue weighted by molar-refractivity contribution is 0.365. The van der Waals surface area contributed by atoms with Gasteiger partial charge in [0, 0.05) is 18.7 Å². The maximum Gasteiger partial charge on any atom is 0.148 e. The first-order valence-electron chi connectivity index (χ1n) is 5.72. The minimum Gasteiger partial charge on any atom is -0.481 e. The van der Waals surface area contributed by atoms with Crippen molar-refractivity contribution in [3.8, 4) is 18.1 Å². The molecule has 0 aliphatic carbocycles. The van der Waals surface area contributed by atoms with Crippen molar-refractivity contribution in [3.63, 3.8) is 0 Å². The average molecular weight is 229 g/mol. The Kier molecular flexibility index (Phi) is 5.92.